The summed E-state index contributed by atoms with van der Waals surface area (Å²) in [4.78, 5) is 17.5. The molecule has 2 aromatic heterocycles. The van der Waals surface area contributed by atoms with Crippen LogP contribution in [0.25, 0.3) is 0 Å². The van der Waals surface area contributed by atoms with Gasteiger partial charge in [0.1, 0.15) is 0 Å². The number of anilines is 2. The van der Waals surface area contributed by atoms with Crippen molar-refractivity contribution >= 4 is 28.8 Å². The first-order chi connectivity index (χ1) is 8.99. The van der Waals surface area contributed by atoms with Gasteiger partial charge in [0.2, 0.25) is 0 Å². The van der Waals surface area contributed by atoms with E-state index >= 15 is 0 Å². The smallest absolute Gasteiger partial charge is 0.337 e. The van der Waals surface area contributed by atoms with Gasteiger partial charge in [-0.15, -0.1) is 11.3 Å². The maximum absolute atomic E-state index is 11.0. The Morgan fingerprint density at radius 1 is 1.47 bits per heavy atom. The first kappa shape index (κ1) is 13.4. The molecule has 0 aliphatic rings. The van der Waals surface area contributed by atoms with Crippen molar-refractivity contribution in [2.75, 3.05) is 11.1 Å². The summed E-state index contributed by atoms with van der Waals surface area (Å²) in [5, 5.41) is 12.2. The summed E-state index contributed by atoms with van der Waals surface area (Å²) < 4.78 is 0. The molecule has 0 saturated carbocycles. The second-order valence-electron chi connectivity index (χ2n) is 4.24. The standard InChI is InChI=1S/C13H15N3O2S/c1-7-3-4-10(19-7)8(2)16-12-11(14)9(13(17)18)5-6-15-12/h3-6,8H,14H2,1-2H3,(H,15,16)(H,17,18). The van der Waals surface area contributed by atoms with Crippen molar-refractivity contribution in [1.82, 2.24) is 4.98 Å². The van der Waals surface area contributed by atoms with Crippen molar-refractivity contribution < 1.29 is 9.90 Å². The van der Waals surface area contributed by atoms with E-state index in [2.05, 4.69) is 10.3 Å². The molecule has 0 aliphatic carbocycles. The monoisotopic (exact) mass is 277 g/mol. The molecule has 0 bridgehead atoms. The van der Waals surface area contributed by atoms with Gasteiger partial charge in [0.05, 0.1) is 17.3 Å². The Morgan fingerprint density at radius 3 is 2.79 bits per heavy atom. The number of thiophene rings is 1. The van der Waals surface area contributed by atoms with E-state index in [1.165, 1.54) is 17.1 Å². The Labute approximate surface area is 115 Å². The molecular formula is C13H15N3O2S. The van der Waals surface area contributed by atoms with Crippen LogP contribution >= 0.6 is 11.3 Å². The molecule has 0 aromatic carbocycles. The minimum Gasteiger partial charge on any atom is -0.478 e. The van der Waals surface area contributed by atoms with E-state index in [1.807, 2.05) is 26.0 Å². The molecular weight excluding hydrogens is 262 g/mol. The number of carbonyl (C=O) groups is 1. The lowest BCUT2D eigenvalue weighted by atomic mass is 10.2. The number of nitrogens with two attached hydrogens (primary N) is 1. The zero-order valence-electron chi connectivity index (χ0n) is 10.7. The first-order valence-electron chi connectivity index (χ1n) is 5.79. The molecule has 1 unspecified atom stereocenters. The number of nitrogens with one attached hydrogen (secondary N) is 1. The summed E-state index contributed by atoms with van der Waals surface area (Å²) in [6.07, 6.45) is 1.44. The molecule has 19 heavy (non-hydrogen) atoms. The third-order valence-electron chi connectivity index (χ3n) is 2.76. The molecule has 0 fully saturated rings. The van der Waals surface area contributed by atoms with Crippen molar-refractivity contribution in [3.05, 3.63) is 39.7 Å². The molecule has 100 valence electrons. The maximum Gasteiger partial charge on any atom is 0.337 e. The molecule has 2 aromatic rings. The minimum absolute atomic E-state index is 0.0255. The van der Waals surface area contributed by atoms with Crippen molar-refractivity contribution in [2.24, 2.45) is 0 Å². The third-order valence-corrected chi connectivity index (χ3v) is 3.95. The van der Waals surface area contributed by atoms with Crippen LogP contribution in [0.5, 0.6) is 0 Å². The Bertz CT molecular complexity index is 610. The SMILES string of the molecule is Cc1ccc(C(C)Nc2nccc(C(=O)O)c2N)s1. The van der Waals surface area contributed by atoms with Crippen LogP contribution in [0.15, 0.2) is 24.4 Å². The summed E-state index contributed by atoms with van der Waals surface area (Å²) in [6.45, 7) is 4.03. The lowest BCUT2D eigenvalue weighted by molar-refractivity contribution is 0.0698. The van der Waals surface area contributed by atoms with Crippen LogP contribution in [0, 0.1) is 6.92 Å². The molecule has 2 rings (SSSR count). The van der Waals surface area contributed by atoms with E-state index in [9.17, 15) is 4.79 Å². The van der Waals surface area contributed by atoms with Crippen molar-refractivity contribution in [3.8, 4) is 0 Å². The number of aromatic carboxylic acids is 1. The predicted molar refractivity (Wildman–Crippen MR) is 76.7 cm³/mol. The van der Waals surface area contributed by atoms with Crippen LogP contribution in [0.4, 0.5) is 11.5 Å². The second-order valence-corrected chi connectivity index (χ2v) is 5.56. The van der Waals surface area contributed by atoms with Crippen LogP contribution in [0.2, 0.25) is 0 Å². The van der Waals surface area contributed by atoms with Crippen LogP contribution in [-0.4, -0.2) is 16.1 Å². The topological polar surface area (TPSA) is 88.2 Å². The van der Waals surface area contributed by atoms with Crippen LogP contribution in [0.1, 0.15) is 33.1 Å². The number of nitrogens with zero attached hydrogens (tertiary/aromatic N) is 1. The molecule has 2 heterocycles. The highest BCUT2D eigenvalue weighted by atomic mass is 32.1. The van der Waals surface area contributed by atoms with Gasteiger partial charge in [-0.3, -0.25) is 0 Å². The van der Waals surface area contributed by atoms with Gasteiger partial charge in [-0.1, -0.05) is 0 Å². The fourth-order valence-electron chi connectivity index (χ4n) is 1.74. The summed E-state index contributed by atoms with van der Waals surface area (Å²) in [6, 6.07) is 5.50. The van der Waals surface area contributed by atoms with Gasteiger partial charge in [-0.05, 0) is 32.0 Å². The number of rotatable bonds is 4. The molecule has 6 heteroatoms. The Morgan fingerprint density at radius 2 is 2.21 bits per heavy atom. The van der Waals surface area contributed by atoms with Crippen LogP contribution in [-0.2, 0) is 0 Å². The highest BCUT2D eigenvalue weighted by Crippen LogP contribution is 2.28. The summed E-state index contributed by atoms with van der Waals surface area (Å²) in [5.74, 6) is -0.652. The fraction of sp³-hybridized carbons (Fsp3) is 0.231. The number of carboxylic acids is 1. The third kappa shape index (κ3) is 2.85. The number of aromatic nitrogens is 1. The van der Waals surface area contributed by atoms with Gasteiger partial charge in [0.25, 0.3) is 0 Å². The van der Waals surface area contributed by atoms with Gasteiger partial charge in [0, 0.05) is 16.0 Å². The van der Waals surface area contributed by atoms with E-state index in [4.69, 9.17) is 10.8 Å². The van der Waals surface area contributed by atoms with Crippen molar-refractivity contribution in [2.45, 2.75) is 19.9 Å². The zero-order chi connectivity index (χ0) is 14.0. The second kappa shape index (κ2) is 5.27. The lowest BCUT2D eigenvalue weighted by Crippen LogP contribution is -2.11. The maximum atomic E-state index is 11.0. The normalized spacial score (nSPS) is 12.1. The largest absolute Gasteiger partial charge is 0.478 e. The molecule has 4 N–H and O–H groups in total. The highest BCUT2D eigenvalue weighted by Gasteiger charge is 2.15. The van der Waals surface area contributed by atoms with E-state index < -0.39 is 5.97 Å². The molecule has 0 saturated heterocycles. The zero-order valence-corrected chi connectivity index (χ0v) is 11.5. The molecule has 0 amide bonds. The molecule has 5 nitrogen and oxygen atoms in total. The van der Waals surface area contributed by atoms with Crippen molar-refractivity contribution in [1.29, 1.82) is 0 Å². The van der Waals surface area contributed by atoms with E-state index in [-0.39, 0.29) is 17.3 Å². The Kier molecular flexibility index (Phi) is 3.71. The predicted octanol–water partition coefficient (Wildman–Crippen LogP) is 2.91. The fourth-order valence-corrected chi connectivity index (χ4v) is 2.62. The summed E-state index contributed by atoms with van der Waals surface area (Å²) >= 11 is 1.68. The Hall–Kier alpha value is -2.08. The number of hydrogen-bond donors (Lipinski definition) is 3. The lowest BCUT2D eigenvalue weighted by Gasteiger charge is -2.15. The molecule has 1 atom stereocenters. The van der Waals surface area contributed by atoms with Crippen molar-refractivity contribution in [3.63, 3.8) is 0 Å². The summed E-state index contributed by atoms with van der Waals surface area (Å²) in [7, 11) is 0. The van der Waals surface area contributed by atoms with Gasteiger partial charge in [-0.2, -0.15) is 0 Å². The van der Waals surface area contributed by atoms with Crippen LogP contribution in [0.3, 0.4) is 0 Å². The number of carboxylic acid groups (broad SMARTS) is 1. The number of hydrogen-bond acceptors (Lipinski definition) is 5. The van der Waals surface area contributed by atoms with Gasteiger partial charge in [-0.25, -0.2) is 9.78 Å². The molecule has 0 aliphatic heterocycles. The average Bonchev–Trinajstić information content (AvgIpc) is 2.78. The summed E-state index contributed by atoms with van der Waals surface area (Å²) in [5.41, 5.74) is 6.04. The quantitative estimate of drug-likeness (QED) is 0.799. The molecule has 0 radical (unpaired) electrons. The van der Waals surface area contributed by atoms with E-state index in [0.717, 1.165) is 4.88 Å². The Balaban J connectivity index is 2.24. The van der Waals surface area contributed by atoms with E-state index in [1.54, 1.807) is 11.3 Å². The highest BCUT2D eigenvalue weighted by molar-refractivity contribution is 7.12. The number of nitrogen functional groups attached to an aromatic ring is 1. The molecule has 0 spiro atoms. The van der Waals surface area contributed by atoms with E-state index in [0.29, 0.717) is 5.82 Å². The average molecular weight is 277 g/mol. The van der Waals surface area contributed by atoms with Gasteiger partial charge >= 0.3 is 5.97 Å². The van der Waals surface area contributed by atoms with Gasteiger partial charge in [0.15, 0.2) is 5.82 Å². The minimum atomic E-state index is -1.05. The first-order valence-corrected chi connectivity index (χ1v) is 6.61. The number of aryl methyl sites for hydroxylation is 1. The number of pyridine rings is 1. The van der Waals surface area contributed by atoms with Gasteiger partial charge < -0.3 is 16.2 Å². The van der Waals surface area contributed by atoms with Crippen LogP contribution < -0.4 is 11.1 Å².